The van der Waals surface area contributed by atoms with Gasteiger partial charge in [-0.2, -0.15) is 0 Å². The van der Waals surface area contributed by atoms with E-state index in [1.165, 1.54) is 16.7 Å². The molecule has 1 aliphatic heterocycles. The van der Waals surface area contributed by atoms with Crippen LogP contribution in [0.2, 0.25) is 0 Å². The lowest BCUT2D eigenvalue weighted by Gasteiger charge is -2.11. The maximum absolute atomic E-state index is 3.47. The van der Waals surface area contributed by atoms with Crippen LogP contribution in [0, 0.1) is 6.92 Å². The standard InChI is InChI=1S/C16H17BrN2/c1-11-3-2-4-13(9-11)16-10-15(18-19-16)12-5-7-14(17)8-6-12/h2-9,15-16,18-19H,10H2,1H3. The number of aryl methyl sites for hydroxylation is 1. The predicted molar refractivity (Wildman–Crippen MR) is 81.7 cm³/mol. The van der Waals surface area contributed by atoms with Crippen LogP contribution in [0.3, 0.4) is 0 Å². The fraction of sp³-hybridized carbons (Fsp3) is 0.250. The van der Waals surface area contributed by atoms with Gasteiger partial charge in [0.1, 0.15) is 0 Å². The second kappa shape index (κ2) is 5.45. The molecule has 0 saturated carbocycles. The number of rotatable bonds is 2. The van der Waals surface area contributed by atoms with E-state index in [4.69, 9.17) is 0 Å². The van der Waals surface area contributed by atoms with Gasteiger partial charge < -0.3 is 0 Å². The van der Waals surface area contributed by atoms with E-state index in [9.17, 15) is 0 Å². The Morgan fingerprint density at radius 3 is 2.32 bits per heavy atom. The quantitative estimate of drug-likeness (QED) is 0.873. The highest BCUT2D eigenvalue weighted by atomic mass is 79.9. The van der Waals surface area contributed by atoms with Crippen LogP contribution in [0.25, 0.3) is 0 Å². The fourth-order valence-corrected chi connectivity index (χ4v) is 2.84. The molecule has 1 heterocycles. The summed E-state index contributed by atoms with van der Waals surface area (Å²) in [5, 5.41) is 0. The Labute approximate surface area is 122 Å². The van der Waals surface area contributed by atoms with Crippen LogP contribution in [-0.4, -0.2) is 0 Å². The van der Waals surface area contributed by atoms with Gasteiger partial charge in [0.15, 0.2) is 0 Å². The van der Waals surface area contributed by atoms with E-state index in [1.807, 2.05) is 0 Å². The van der Waals surface area contributed by atoms with E-state index in [0.717, 1.165) is 10.9 Å². The van der Waals surface area contributed by atoms with Crippen LogP contribution in [0.5, 0.6) is 0 Å². The third-order valence-corrected chi connectivity index (χ3v) is 4.15. The molecule has 0 amide bonds. The van der Waals surface area contributed by atoms with E-state index in [0.29, 0.717) is 12.1 Å². The topological polar surface area (TPSA) is 24.1 Å². The molecule has 2 aromatic rings. The molecular weight excluding hydrogens is 300 g/mol. The van der Waals surface area contributed by atoms with Gasteiger partial charge in [0.2, 0.25) is 0 Å². The van der Waals surface area contributed by atoms with Gasteiger partial charge in [-0.15, -0.1) is 0 Å². The molecule has 2 N–H and O–H groups in total. The monoisotopic (exact) mass is 316 g/mol. The van der Waals surface area contributed by atoms with Crippen molar-refractivity contribution in [2.24, 2.45) is 0 Å². The third kappa shape index (κ3) is 2.89. The summed E-state index contributed by atoms with van der Waals surface area (Å²) in [6.07, 6.45) is 1.07. The number of nitrogens with one attached hydrogen (secondary N) is 2. The Bertz CT molecular complexity index is 565. The zero-order valence-corrected chi connectivity index (χ0v) is 12.4. The van der Waals surface area contributed by atoms with Gasteiger partial charge >= 0.3 is 0 Å². The largest absolute Gasteiger partial charge is 0.250 e. The van der Waals surface area contributed by atoms with Crippen LogP contribution < -0.4 is 10.9 Å². The maximum Gasteiger partial charge on any atom is 0.0481 e. The predicted octanol–water partition coefficient (Wildman–Crippen LogP) is 4.04. The number of hydrazine groups is 1. The van der Waals surface area contributed by atoms with Gasteiger partial charge in [-0.25, -0.2) is 10.9 Å². The zero-order chi connectivity index (χ0) is 13.2. The molecule has 2 nitrogen and oxygen atoms in total. The summed E-state index contributed by atoms with van der Waals surface area (Å²) in [6.45, 7) is 2.14. The van der Waals surface area contributed by atoms with Crippen LogP contribution in [0.4, 0.5) is 0 Å². The van der Waals surface area contributed by atoms with Crippen LogP contribution in [0.15, 0.2) is 53.0 Å². The molecule has 0 radical (unpaired) electrons. The first-order valence-electron chi connectivity index (χ1n) is 6.55. The highest BCUT2D eigenvalue weighted by Crippen LogP contribution is 2.31. The molecular formula is C16H17BrN2. The summed E-state index contributed by atoms with van der Waals surface area (Å²) in [5.41, 5.74) is 10.8. The van der Waals surface area contributed by atoms with E-state index >= 15 is 0 Å². The van der Waals surface area contributed by atoms with Gasteiger partial charge in [0, 0.05) is 16.6 Å². The number of hydrogen-bond acceptors (Lipinski definition) is 2. The van der Waals surface area contributed by atoms with E-state index < -0.39 is 0 Å². The van der Waals surface area contributed by atoms with Crippen LogP contribution >= 0.6 is 15.9 Å². The Morgan fingerprint density at radius 2 is 1.63 bits per heavy atom. The van der Waals surface area contributed by atoms with E-state index in [2.05, 4.69) is 82.2 Å². The van der Waals surface area contributed by atoms with Crippen molar-refractivity contribution < 1.29 is 0 Å². The Kier molecular flexibility index (Phi) is 3.69. The molecule has 0 aromatic heterocycles. The SMILES string of the molecule is Cc1cccc(C2CC(c3ccc(Br)cc3)NN2)c1. The van der Waals surface area contributed by atoms with Crippen molar-refractivity contribution in [1.29, 1.82) is 0 Å². The highest BCUT2D eigenvalue weighted by molar-refractivity contribution is 9.10. The maximum atomic E-state index is 3.47. The summed E-state index contributed by atoms with van der Waals surface area (Å²) in [4.78, 5) is 0. The van der Waals surface area contributed by atoms with Crippen molar-refractivity contribution in [2.75, 3.05) is 0 Å². The minimum Gasteiger partial charge on any atom is -0.250 e. The molecule has 0 aliphatic carbocycles. The lowest BCUT2D eigenvalue weighted by molar-refractivity contribution is 0.555. The summed E-state index contributed by atoms with van der Waals surface area (Å²) in [6, 6.07) is 18.0. The van der Waals surface area contributed by atoms with Crippen molar-refractivity contribution in [1.82, 2.24) is 10.9 Å². The fourth-order valence-electron chi connectivity index (χ4n) is 2.58. The van der Waals surface area contributed by atoms with Crippen LogP contribution in [-0.2, 0) is 0 Å². The molecule has 2 unspecified atom stereocenters. The average molecular weight is 317 g/mol. The second-order valence-electron chi connectivity index (χ2n) is 5.10. The van der Waals surface area contributed by atoms with Crippen LogP contribution in [0.1, 0.15) is 35.2 Å². The normalized spacial score (nSPS) is 22.6. The van der Waals surface area contributed by atoms with Crippen molar-refractivity contribution >= 4 is 15.9 Å². The molecule has 1 aliphatic rings. The molecule has 0 spiro atoms. The second-order valence-corrected chi connectivity index (χ2v) is 6.01. The molecule has 2 aromatic carbocycles. The Morgan fingerprint density at radius 1 is 0.947 bits per heavy atom. The highest BCUT2D eigenvalue weighted by Gasteiger charge is 2.25. The molecule has 19 heavy (non-hydrogen) atoms. The lowest BCUT2D eigenvalue weighted by Crippen LogP contribution is -2.26. The summed E-state index contributed by atoms with van der Waals surface area (Å²) < 4.78 is 1.12. The number of hydrogen-bond donors (Lipinski definition) is 2. The summed E-state index contributed by atoms with van der Waals surface area (Å²) in [5.74, 6) is 0. The van der Waals surface area contributed by atoms with Gasteiger partial charge in [-0.05, 0) is 36.6 Å². The summed E-state index contributed by atoms with van der Waals surface area (Å²) >= 11 is 3.47. The van der Waals surface area contributed by atoms with Gasteiger partial charge in [0.05, 0.1) is 0 Å². The molecule has 1 fully saturated rings. The van der Waals surface area contributed by atoms with Gasteiger partial charge in [-0.1, -0.05) is 57.9 Å². The molecule has 98 valence electrons. The molecule has 1 saturated heterocycles. The molecule has 0 bridgehead atoms. The Hall–Kier alpha value is -1.16. The van der Waals surface area contributed by atoms with Crippen molar-refractivity contribution in [2.45, 2.75) is 25.4 Å². The van der Waals surface area contributed by atoms with Gasteiger partial charge in [-0.3, -0.25) is 0 Å². The van der Waals surface area contributed by atoms with Crippen molar-refractivity contribution in [3.63, 3.8) is 0 Å². The minimum atomic E-state index is 0.374. The first kappa shape index (κ1) is 12.9. The minimum absolute atomic E-state index is 0.374. The van der Waals surface area contributed by atoms with Crippen molar-refractivity contribution in [3.05, 3.63) is 69.7 Å². The van der Waals surface area contributed by atoms with Crippen molar-refractivity contribution in [3.8, 4) is 0 Å². The number of halogens is 1. The third-order valence-electron chi connectivity index (χ3n) is 3.62. The molecule has 2 atom stereocenters. The zero-order valence-electron chi connectivity index (χ0n) is 10.9. The summed E-state index contributed by atoms with van der Waals surface area (Å²) in [7, 11) is 0. The molecule has 3 heteroatoms. The smallest absolute Gasteiger partial charge is 0.0481 e. The first-order valence-corrected chi connectivity index (χ1v) is 7.35. The lowest BCUT2D eigenvalue weighted by atomic mass is 9.97. The van der Waals surface area contributed by atoms with Gasteiger partial charge in [0.25, 0.3) is 0 Å². The van der Waals surface area contributed by atoms with E-state index in [-0.39, 0.29) is 0 Å². The first-order chi connectivity index (χ1) is 9.22. The molecule has 3 rings (SSSR count). The number of benzene rings is 2. The average Bonchev–Trinajstić information content (AvgIpc) is 2.89. The van der Waals surface area contributed by atoms with E-state index in [1.54, 1.807) is 0 Å². The Balaban J connectivity index is 1.75.